The van der Waals surface area contributed by atoms with Crippen LogP contribution >= 0.6 is 0 Å². The number of anilines is 1. The first-order valence-electron chi connectivity index (χ1n) is 7.33. The van der Waals surface area contributed by atoms with E-state index in [4.69, 9.17) is 0 Å². The van der Waals surface area contributed by atoms with E-state index in [1.165, 1.54) is 0 Å². The van der Waals surface area contributed by atoms with Crippen LogP contribution in [0.25, 0.3) is 0 Å². The zero-order chi connectivity index (χ0) is 15.8. The van der Waals surface area contributed by atoms with Crippen LogP contribution in [0.3, 0.4) is 0 Å². The third-order valence-electron chi connectivity index (χ3n) is 2.70. The van der Waals surface area contributed by atoms with Gasteiger partial charge in [-0.15, -0.1) is 0 Å². The van der Waals surface area contributed by atoms with Gasteiger partial charge in [-0.25, -0.2) is 0 Å². The molecule has 116 valence electrons. The fourth-order valence-electron chi connectivity index (χ4n) is 1.90. The fourth-order valence-corrected chi connectivity index (χ4v) is 1.90. The van der Waals surface area contributed by atoms with Crippen LogP contribution in [-0.2, 0) is 4.79 Å². The number of amides is 2. The first-order chi connectivity index (χ1) is 9.90. The Labute approximate surface area is 126 Å². The Balaban J connectivity index is 2.54. The van der Waals surface area contributed by atoms with Gasteiger partial charge in [0.1, 0.15) is 0 Å². The molecule has 3 N–H and O–H groups in total. The Morgan fingerprint density at radius 1 is 1.05 bits per heavy atom. The molecular formula is C16H25N3O2. The van der Waals surface area contributed by atoms with Gasteiger partial charge < -0.3 is 16.0 Å². The smallest absolute Gasteiger partial charge is 0.253 e. The van der Waals surface area contributed by atoms with E-state index in [9.17, 15) is 9.59 Å². The van der Waals surface area contributed by atoms with Crippen LogP contribution in [0.1, 0.15) is 44.5 Å². The Hall–Kier alpha value is -2.04. The van der Waals surface area contributed by atoms with Crippen molar-refractivity contribution in [3.8, 4) is 0 Å². The monoisotopic (exact) mass is 291 g/mol. The lowest BCUT2D eigenvalue weighted by Gasteiger charge is -2.14. The lowest BCUT2D eigenvalue weighted by Crippen LogP contribution is -2.34. The summed E-state index contributed by atoms with van der Waals surface area (Å²) in [7, 11) is 0. The summed E-state index contributed by atoms with van der Waals surface area (Å²) in [5, 5.41) is 8.81. The number of nitrogens with one attached hydrogen (secondary N) is 3. The van der Waals surface area contributed by atoms with Crippen LogP contribution in [0.5, 0.6) is 0 Å². The average Bonchev–Trinajstić information content (AvgIpc) is 2.37. The van der Waals surface area contributed by atoms with Gasteiger partial charge in [-0.3, -0.25) is 9.59 Å². The summed E-state index contributed by atoms with van der Waals surface area (Å²) in [5.74, 6) is -0.227. The van der Waals surface area contributed by atoms with E-state index in [2.05, 4.69) is 16.0 Å². The fraction of sp³-hybridized carbons (Fsp3) is 0.500. The minimum atomic E-state index is -0.170. The van der Waals surface area contributed by atoms with Gasteiger partial charge in [0.25, 0.3) is 5.91 Å². The summed E-state index contributed by atoms with van der Waals surface area (Å²) < 4.78 is 0. The van der Waals surface area contributed by atoms with Crippen molar-refractivity contribution in [1.29, 1.82) is 0 Å². The van der Waals surface area contributed by atoms with E-state index in [1.54, 1.807) is 6.07 Å². The summed E-state index contributed by atoms with van der Waals surface area (Å²) >= 11 is 0. The minimum absolute atomic E-state index is 0.0566. The zero-order valence-electron chi connectivity index (χ0n) is 13.2. The molecule has 0 heterocycles. The van der Waals surface area contributed by atoms with Crippen molar-refractivity contribution in [3.63, 3.8) is 0 Å². The molecule has 5 nitrogen and oxygen atoms in total. The molecule has 0 radical (unpaired) electrons. The van der Waals surface area contributed by atoms with E-state index >= 15 is 0 Å². The average molecular weight is 291 g/mol. The van der Waals surface area contributed by atoms with Crippen LogP contribution in [0.15, 0.2) is 24.3 Å². The number of hydrogen-bond acceptors (Lipinski definition) is 3. The maximum atomic E-state index is 12.2. The molecule has 0 aliphatic rings. The van der Waals surface area contributed by atoms with Gasteiger partial charge in [-0.2, -0.15) is 0 Å². The topological polar surface area (TPSA) is 70.2 Å². The van der Waals surface area contributed by atoms with Crippen molar-refractivity contribution < 1.29 is 9.59 Å². The molecule has 0 fully saturated rings. The molecule has 0 saturated carbocycles. The van der Waals surface area contributed by atoms with Crippen LogP contribution in [0.4, 0.5) is 5.69 Å². The highest BCUT2D eigenvalue weighted by Crippen LogP contribution is 2.15. The second-order valence-corrected chi connectivity index (χ2v) is 5.57. The molecule has 0 aromatic heterocycles. The van der Waals surface area contributed by atoms with Gasteiger partial charge in [-0.1, -0.05) is 12.1 Å². The number of carbonyl (C=O) groups excluding carboxylic acids is 2. The quantitative estimate of drug-likeness (QED) is 0.721. The molecule has 0 atom stereocenters. The Kier molecular flexibility index (Phi) is 6.72. The van der Waals surface area contributed by atoms with Crippen molar-refractivity contribution in [1.82, 2.24) is 10.6 Å². The highest BCUT2D eigenvalue weighted by molar-refractivity contribution is 5.99. The second-order valence-electron chi connectivity index (χ2n) is 5.57. The Morgan fingerprint density at radius 3 is 2.33 bits per heavy atom. The van der Waals surface area contributed by atoms with Crippen LogP contribution in [0, 0.1) is 0 Å². The Morgan fingerprint density at radius 2 is 1.71 bits per heavy atom. The maximum absolute atomic E-state index is 12.2. The molecular weight excluding hydrogens is 266 g/mol. The molecule has 21 heavy (non-hydrogen) atoms. The predicted octanol–water partition coefficient (Wildman–Crippen LogP) is 2.15. The highest BCUT2D eigenvalue weighted by atomic mass is 16.2. The molecule has 2 amide bonds. The molecule has 0 saturated heterocycles. The van der Waals surface area contributed by atoms with Gasteiger partial charge in [0.15, 0.2) is 0 Å². The van der Waals surface area contributed by atoms with E-state index in [0.29, 0.717) is 12.1 Å². The third kappa shape index (κ3) is 6.29. The molecule has 5 heteroatoms. The summed E-state index contributed by atoms with van der Waals surface area (Å²) in [4.78, 5) is 23.7. The van der Waals surface area contributed by atoms with Gasteiger partial charge in [0.05, 0.1) is 5.56 Å². The SMILES string of the molecule is CC(C)NC(=O)CCNC(=O)c1ccccc1NC(C)C. The van der Waals surface area contributed by atoms with E-state index in [-0.39, 0.29) is 30.3 Å². The molecule has 0 aliphatic heterocycles. The van der Waals surface area contributed by atoms with E-state index < -0.39 is 0 Å². The van der Waals surface area contributed by atoms with Gasteiger partial charge in [0, 0.05) is 30.7 Å². The third-order valence-corrected chi connectivity index (χ3v) is 2.70. The van der Waals surface area contributed by atoms with Crippen molar-refractivity contribution in [2.45, 2.75) is 46.2 Å². The van der Waals surface area contributed by atoms with E-state index in [1.807, 2.05) is 45.9 Å². The van der Waals surface area contributed by atoms with Crippen LogP contribution < -0.4 is 16.0 Å². The second kappa shape index (κ2) is 8.29. The van der Waals surface area contributed by atoms with Crippen LogP contribution in [-0.4, -0.2) is 30.4 Å². The molecule has 1 aromatic carbocycles. The molecule has 0 aliphatic carbocycles. The maximum Gasteiger partial charge on any atom is 0.253 e. The van der Waals surface area contributed by atoms with Crippen molar-refractivity contribution in [2.24, 2.45) is 0 Å². The first kappa shape index (κ1) is 17.0. The summed E-state index contributed by atoms with van der Waals surface area (Å²) in [6.07, 6.45) is 0.281. The molecule has 1 rings (SSSR count). The largest absolute Gasteiger partial charge is 0.382 e. The number of para-hydroxylation sites is 1. The predicted molar refractivity (Wildman–Crippen MR) is 85.4 cm³/mol. The molecule has 0 bridgehead atoms. The number of carbonyl (C=O) groups is 2. The molecule has 0 spiro atoms. The molecule has 1 aromatic rings. The standard InChI is InChI=1S/C16H25N3O2/c1-11(2)18-14-8-6-5-7-13(14)16(21)17-10-9-15(20)19-12(3)4/h5-8,11-12,18H,9-10H2,1-4H3,(H,17,21)(H,19,20). The lowest BCUT2D eigenvalue weighted by molar-refractivity contribution is -0.121. The van der Waals surface area contributed by atoms with Crippen molar-refractivity contribution in [2.75, 3.05) is 11.9 Å². The van der Waals surface area contributed by atoms with E-state index in [0.717, 1.165) is 5.69 Å². The van der Waals surface area contributed by atoms with Gasteiger partial charge >= 0.3 is 0 Å². The Bertz CT molecular complexity index is 484. The zero-order valence-corrected chi connectivity index (χ0v) is 13.2. The number of rotatable bonds is 7. The van der Waals surface area contributed by atoms with Crippen molar-refractivity contribution >= 4 is 17.5 Å². The summed E-state index contributed by atoms with van der Waals surface area (Å²) in [6.45, 7) is 8.18. The highest BCUT2D eigenvalue weighted by Gasteiger charge is 2.11. The molecule has 0 unspecified atom stereocenters. The van der Waals surface area contributed by atoms with Crippen LogP contribution in [0.2, 0.25) is 0 Å². The lowest BCUT2D eigenvalue weighted by atomic mass is 10.1. The van der Waals surface area contributed by atoms with Gasteiger partial charge in [0.2, 0.25) is 5.91 Å². The minimum Gasteiger partial charge on any atom is -0.382 e. The van der Waals surface area contributed by atoms with Gasteiger partial charge in [-0.05, 0) is 39.8 Å². The summed E-state index contributed by atoms with van der Waals surface area (Å²) in [6, 6.07) is 7.72. The van der Waals surface area contributed by atoms with Crippen molar-refractivity contribution in [3.05, 3.63) is 29.8 Å². The summed E-state index contributed by atoms with van der Waals surface area (Å²) in [5.41, 5.74) is 1.40. The first-order valence-corrected chi connectivity index (χ1v) is 7.33. The number of hydrogen-bond donors (Lipinski definition) is 3. The normalized spacial score (nSPS) is 10.6. The number of benzene rings is 1.